The molecule has 0 aliphatic carbocycles. The molecule has 0 spiro atoms. The van der Waals surface area contributed by atoms with Crippen LogP contribution in [-0.2, 0) is 6.54 Å². The zero-order chi connectivity index (χ0) is 22.2. The standard InChI is InChI=1S/C26H26N4OS/c1-17-18(2)30(20-10-5-4-6-11-20)19(3)23(17)25-24(22-13-7-8-14-27-22)28-26(32)29(25)16-21-12-9-15-31-21/h4-15,24-25H,16H2,1-3H3,(H,28,32)/t24-,25+/m1/s1. The first-order valence-corrected chi connectivity index (χ1v) is 11.2. The summed E-state index contributed by atoms with van der Waals surface area (Å²) in [7, 11) is 0. The molecule has 0 unspecified atom stereocenters. The number of nitrogens with zero attached hydrogens (tertiary/aromatic N) is 3. The van der Waals surface area contributed by atoms with E-state index in [0.717, 1.165) is 17.1 Å². The summed E-state index contributed by atoms with van der Waals surface area (Å²) < 4.78 is 8.02. The molecule has 3 aromatic heterocycles. The monoisotopic (exact) mass is 442 g/mol. The van der Waals surface area contributed by atoms with E-state index in [2.05, 4.69) is 70.9 Å². The first-order chi connectivity index (χ1) is 15.6. The highest BCUT2D eigenvalue weighted by atomic mass is 32.1. The van der Waals surface area contributed by atoms with Gasteiger partial charge in [-0.05, 0) is 75.0 Å². The van der Waals surface area contributed by atoms with Crippen LogP contribution < -0.4 is 5.32 Å². The molecule has 162 valence electrons. The summed E-state index contributed by atoms with van der Waals surface area (Å²) in [6, 6.07) is 20.4. The van der Waals surface area contributed by atoms with Crippen LogP contribution >= 0.6 is 12.2 Å². The molecule has 4 heterocycles. The van der Waals surface area contributed by atoms with Crippen molar-refractivity contribution in [1.29, 1.82) is 0 Å². The van der Waals surface area contributed by atoms with Crippen molar-refractivity contribution in [2.24, 2.45) is 0 Å². The molecule has 5 rings (SSSR count). The lowest BCUT2D eigenvalue weighted by Gasteiger charge is -2.28. The van der Waals surface area contributed by atoms with E-state index in [9.17, 15) is 0 Å². The van der Waals surface area contributed by atoms with Gasteiger partial charge in [0.2, 0.25) is 0 Å². The highest BCUT2D eigenvalue weighted by molar-refractivity contribution is 7.80. The number of furan rings is 1. The minimum atomic E-state index is -0.0536. The zero-order valence-corrected chi connectivity index (χ0v) is 19.3. The SMILES string of the molecule is Cc1c([C@H]2[C@@H](c3ccccn3)NC(=S)N2Cc2ccco2)c(C)n(-c2ccccc2)c1C. The number of aromatic nitrogens is 2. The second-order valence-corrected chi connectivity index (χ2v) is 8.60. The number of thiocarbonyl (C=S) groups is 1. The molecular weight excluding hydrogens is 416 g/mol. The van der Waals surface area contributed by atoms with Gasteiger partial charge in [-0.2, -0.15) is 0 Å². The van der Waals surface area contributed by atoms with Crippen molar-refractivity contribution in [3.63, 3.8) is 0 Å². The maximum atomic E-state index is 5.83. The summed E-state index contributed by atoms with van der Waals surface area (Å²) in [6.45, 7) is 7.19. The van der Waals surface area contributed by atoms with Crippen LogP contribution in [0.2, 0.25) is 0 Å². The third-order valence-electron chi connectivity index (χ3n) is 6.42. The van der Waals surface area contributed by atoms with E-state index in [1.165, 1.54) is 22.5 Å². The zero-order valence-electron chi connectivity index (χ0n) is 18.4. The number of hydrogen-bond donors (Lipinski definition) is 1. The van der Waals surface area contributed by atoms with Gasteiger partial charge in [0, 0.05) is 28.8 Å². The molecule has 0 amide bonds. The Morgan fingerprint density at radius 1 is 0.969 bits per heavy atom. The van der Waals surface area contributed by atoms with Gasteiger partial charge < -0.3 is 19.2 Å². The molecule has 6 heteroatoms. The molecule has 0 saturated carbocycles. The lowest BCUT2D eigenvalue weighted by molar-refractivity contribution is 0.285. The number of benzene rings is 1. The number of para-hydroxylation sites is 1. The van der Waals surface area contributed by atoms with Gasteiger partial charge in [-0.3, -0.25) is 4.98 Å². The molecule has 2 atom stereocenters. The Morgan fingerprint density at radius 3 is 2.44 bits per heavy atom. The van der Waals surface area contributed by atoms with Gasteiger partial charge in [0.15, 0.2) is 5.11 Å². The largest absolute Gasteiger partial charge is 0.467 e. The Balaban J connectivity index is 1.67. The van der Waals surface area contributed by atoms with Crippen LogP contribution in [0.4, 0.5) is 0 Å². The van der Waals surface area contributed by atoms with Crippen molar-refractivity contribution in [3.8, 4) is 5.69 Å². The summed E-state index contributed by atoms with van der Waals surface area (Å²) in [5, 5.41) is 4.26. The van der Waals surface area contributed by atoms with Crippen molar-refractivity contribution < 1.29 is 4.42 Å². The molecule has 1 aliphatic heterocycles. The van der Waals surface area contributed by atoms with Crippen molar-refractivity contribution in [1.82, 2.24) is 19.8 Å². The summed E-state index contributed by atoms with van der Waals surface area (Å²) in [5.41, 5.74) is 7.14. The van der Waals surface area contributed by atoms with Gasteiger partial charge in [-0.25, -0.2) is 0 Å². The molecule has 1 fully saturated rings. The van der Waals surface area contributed by atoms with E-state index in [1.54, 1.807) is 6.26 Å². The van der Waals surface area contributed by atoms with E-state index < -0.39 is 0 Å². The van der Waals surface area contributed by atoms with E-state index in [0.29, 0.717) is 11.7 Å². The molecular formula is C26H26N4OS. The molecule has 1 saturated heterocycles. The van der Waals surface area contributed by atoms with Gasteiger partial charge in [0.05, 0.1) is 30.6 Å². The van der Waals surface area contributed by atoms with Gasteiger partial charge in [-0.1, -0.05) is 24.3 Å². The quantitative estimate of drug-likeness (QED) is 0.410. The number of pyridine rings is 1. The van der Waals surface area contributed by atoms with E-state index in [1.807, 2.05) is 36.5 Å². The molecule has 0 bridgehead atoms. The highest BCUT2D eigenvalue weighted by Gasteiger charge is 2.42. The molecule has 1 aliphatic rings. The molecule has 1 N–H and O–H groups in total. The second kappa shape index (κ2) is 8.28. The van der Waals surface area contributed by atoms with E-state index in [4.69, 9.17) is 16.6 Å². The van der Waals surface area contributed by atoms with Crippen LogP contribution in [0.1, 0.15) is 46.1 Å². The van der Waals surface area contributed by atoms with Crippen LogP contribution in [0, 0.1) is 20.8 Å². The van der Waals surface area contributed by atoms with Gasteiger partial charge in [-0.15, -0.1) is 0 Å². The first kappa shape index (κ1) is 20.5. The Kier molecular flexibility index (Phi) is 5.31. The summed E-state index contributed by atoms with van der Waals surface area (Å²) in [4.78, 5) is 6.90. The lowest BCUT2D eigenvalue weighted by atomic mass is 9.93. The van der Waals surface area contributed by atoms with Crippen LogP contribution in [0.5, 0.6) is 0 Å². The van der Waals surface area contributed by atoms with Crippen LogP contribution in [0.3, 0.4) is 0 Å². The Morgan fingerprint density at radius 2 is 1.75 bits per heavy atom. The molecule has 0 radical (unpaired) electrons. The van der Waals surface area contributed by atoms with Crippen LogP contribution in [-0.4, -0.2) is 19.6 Å². The first-order valence-electron chi connectivity index (χ1n) is 10.8. The fourth-order valence-electron chi connectivity index (χ4n) is 4.87. The van der Waals surface area contributed by atoms with Gasteiger partial charge in [0.1, 0.15) is 5.76 Å². The molecule has 32 heavy (non-hydrogen) atoms. The average molecular weight is 443 g/mol. The van der Waals surface area contributed by atoms with Crippen molar-refractivity contribution in [2.75, 3.05) is 0 Å². The van der Waals surface area contributed by atoms with Gasteiger partial charge in [0.25, 0.3) is 0 Å². The number of nitrogens with one attached hydrogen (secondary N) is 1. The fraction of sp³-hybridized carbons (Fsp3) is 0.231. The van der Waals surface area contributed by atoms with Crippen LogP contribution in [0.15, 0.2) is 77.5 Å². The molecule has 4 aromatic rings. The second-order valence-electron chi connectivity index (χ2n) is 8.21. The van der Waals surface area contributed by atoms with E-state index in [-0.39, 0.29) is 12.1 Å². The molecule has 1 aromatic carbocycles. The maximum absolute atomic E-state index is 5.83. The summed E-state index contributed by atoms with van der Waals surface area (Å²) >= 11 is 5.83. The predicted molar refractivity (Wildman–Crippen MR) is 130 cm³/mol. The minimum absolute atomic E-state index is 0.00818. The minimum Gasteiger partial charge on any atom is -0.467 e. The Bertz CT molecular complexity index is 1230. The number of rotatable bonds is 5. The third-order valence-corrected chi connectivity index (χ3v) is 6.77. The maximum Gasteiger partial charge on any atom is 0.170 e. The highest BCUT2D eigenvalue weighted by Crippen LogP contribution is 2.44. The Hall–Kier alpha value is -3.38. The third kappa shape index (κ3) is 3.41. The average Bonchev–Trinajstić information content (AvgIpc) is 3.49. The summed E-state index contributed by atoms with van der Waals surface area (Å²) in [6.07, 6.45) is 3.55. The van der Waals surface area contributed by atoms with Crippen molar-refractivity contribution >= 4 is 17.3 Å². The number of hydrogen-bond acceptors (Lipinski definition) is 3. The van der Waals surface area contributed by atoms with E-state index >= 15 is 0 Å². The predicted octanol–water partition coefficient (Wildman–Crippen LogP) is 5.56. The topological polar surface area (TPSA) is 46.2 Å². The Labute approximate surface area is 193 Å². The summed E-state index contributed by atoms with van der Waals surface area (Å²) in [5.74, 6) is 0.885. The van der Waals surface area contributed by atoms with Gasteiger partial charge >= 0.3 is 0 Å². The van der Waals surface area contributed by atoms with Crippen molar-refractivity contribution in [2.45, 2.75) is 39.4 Å². The smallest absolute Gasteiger partial charge is 0.170 e. The fourth-order valence-corrected chi connectivity index (χ4v) is 5.17. The van der Waals surface area contributed by atoms with Crippen LogP contribution in [0.25, 0.3) is 5.69 Å². The lowest BCUT2D eigenvalue weighted by Crippen LogP contribution is -2.29. The van der Waals surface area contributed by atoms with Crippen molar-refractivity contribution in [3.05, 3.63) is 107 Å². The normalized spacial score (nSPS) is 18.2. The molecule has 5 nitrogen and oxygen atoms in total.